The zero-order valence-corrected chi connectivity index (χ0v) is 12.5. The predicted octanol–water partition coefficient (Wildman–Crippen LogP) is 2.89. The average Bonchev–Trinajstić information content (AvgIpc) is 2.85. The molecule has 0 bridgehead atoms. The van der Waals surface area contributed by atoms with E-state index in [-0.39, 0.29) is 0 Å². The molecule has 0 N–H and O–H groups in total. The van der Waals surface area contributed by atoms with E-state index in [9.17, 15) is 4.79 Å². The van der Waals surface area contributed by atoms with Crippen LogP contribution in [0.1, 0.15) is 29.4 Å². The Balaban J connectivity index is 2.39. The number of aromatic nitrogens is 2. The lowest BCUT2D eigenvalue weighted by Gasteiger charge is -2.06. The highest BCUT2D eigenvalue weighted by molar-refractivity contribution is 5.95. The van der Waals surface area contributed by atoms with Crippen molar-refractivity contribution in [1.29, 1.82) is 0 Å². The van der Waals surface area contributed by atoms with Gasteiger partial charge in [-0.2, -0.15) is 0 Å². The lowest BCUT2D eigenvalue weighted by molar-refractivity contribution is 0.0519. The van der Waals surface area contributed by atoms with Crippen LogP contribution in [-0.4, -0.2) is 35.8 Å². The number of hydrogen-bond donors (Lipinski definition) is 0. The first-order valence-electron chi connectivity index (χ1n) is 6.98. The molecule has 0 saturated carbocycles. The Hall–Kier alpha value is -2.14. The zero-order valence-electron chi connectivity index (χ0n) is 12.5. The number of ether oxygens (including phenoxy) is 2. The van der Waals surface area contributed by atoms with E-state index in [0.29, 0.717) is 18.9 Å². The Bertz CT molecular complexity index is 646. The van der Waals surface area contributed by atoms with Gasteiger partial charge in [0.25, 0.3) is 0 Å². The summed E-state index contributed by atoms with van der Waals surface area (Å²) in [7, 11) is 1.69. The normalized spacial score (nSPS) is 10.8. The standard InChI is InChI=1S/C16H20N2O3/c1-4-12-11-18(7-6-8-20-3)15-9-14(16(19)21-5-2)17-10-13(12)15/h4,9-11H,1,5-8H2,2-3H3. The second kappa shape index (κ2) is 7.04. The summed E-state index contributed by atoms with van der Waals surface area (Å²) in [6, 6.07) is 1.77. The van der Waals surface area contributed by atoms with Crippen LogP contribution >= 0.6 is 0 Å². The SMILES string of the molecule is C=Cc1cn(CCCOC)c2cc(C(=O)OCC)ncc12. The van der Waals surface area contributed by atoms with Crippen LogP contribution in [0.15, 0.2) is 25.0 Å². The van der Waals surface area contributed by atoms with E-state index in [1.54, 1.807) is 32.4 Å². The molecule has 0 unspecified atom stereocenters. The molecule has 2 rings (SSSR count). The molecule has 0 aliphatic rings. The molecule has 2 heterocycles. The summed E-state index contributed by atoms with van der Waals surface area (Å²) in [6.07, 6.45) is 6.41. The van der Waals surface area contributed by atoms with Crippen molar-refractivity contribution in [3.63, 3.8) is 0 Å². The van der Waals surface area contributed by atoms with Gasteiger partial charge in [0.05, 0.1) is 12.1 Å². The van der Waals surface area contributed by atoms with Crippen LogP contribution in [0.25, 0.3) is 17.0 Å². The smallest absolute Gasteiger partial charge is 0.356 e. The summed E-state index contributed by atoms with van der Waals surface area (Å²) in [4.78, 5) is 16.0. The first-order valence-corrected chi connectivity index (χ1v) is 6.98. The predicted molar refractivity (Wildman–Crippen MR) is 82.3 cm³/mol. The van der Waals surface area contributed by atoms with Crippen LogP contribution in [-0.2, 0) is 16.0 Å². The fraction of sp³-hybridized carbons (Fsp3) is 0.375. The minimum absolute atomic E-state index is 0.325. The number of aryl methyl sites for hydroxylation is 1. The fourth-order valence-electron chi connectivity index (χ4n) is 2.26. The Morgan fingerprint density at radius 3 is 3.00 bits per heavy atom. The zero-order chi connectivity index (χ0) is 15.2. The van der Waals surface area contributed by atoms with Crippen molar-refractivity contribution in [3.8, 4) is 0 Å². The van der Waals surface area contributed by atoms with Gasteiger partial charge in [0, 0.05) is 43.6 Å². The topological polar surface area (TPSA) is 53.4 Å². The largest absolute Gasteiger partial charge is 0.461 e. The number of rotatable bonds is 7. The molecule has 0 fully saturated rings. The van der Waals surface area contributed by atoms with Crippen molar-refractivity contribution in [2.45, 2.75) is 19.9 Å². The number of hydrogen-bond acceptors (Lipinski definition) is 4. The molecule has 5 heteroatoms. The molecule has 0 amide bonds. The van der Waals surface area contributed by atoms with Gasteiger partial charge in [-0.25, -0.2) is 9.78 Å². The number of carbonyl (C=O) groups excluding carboxylic acids is 1. The molecule has 0 aliphatic carbocycles. The van der Waals surface area contributed by atoms with Gasteiger partial charge < -0.3 is 14.0 Å². The molecule has 0 saturated heterocycles. The molecule has 2 aromatic heterocycles. The van der Waals surface area contributed by atoms with Crippen molar-refractivity contribution in [1.82, 2.24) is 9.55 Å². The van der Waals surface area contributed by atoms with E-state index in [1.807, 2.05) is 6.20 Å². The van der Waals surface area contributed by atoms with Crippen molar-refractivity contribution in [2.24, 2.45) is 0 Å². The minimum atomic E-state index is -0.399. The molecule has 0 spiro atoms. The highest BCUT2D eigenvalue weighted by Gasteiger charge is 2.13. The van der Waals surface area contributed by atoms with Gasteiger partial charge in [-0.1, -0.05) is 12.7 Å². The second-order valence-corrected chi connectivity index (χ2v) is 4.64. The minimum Gasteiger partial charge on any atom is -0.461 e. The Morgan fingerprint density at radius 1 is 1.52 bits per heavy atom. The molecular weight excluding hydrogens is 268 g/mol. The van der Waals surface area contributed by atoms with E-state index < -0.39 is 5.97 Å². The van der Waals surface area contributed by atoms with Gasteiger partial charge in [0.2, 0.25) is 0 Å². The molecular formula is C16H20N2O3. The van der Waals surface area contributed by atoms with E-state index in [4.69, 9.17) is 9.47 Å². The summed E-state index contributed by atoms with van der Waals surface area (Å²) in [5.74, 6) is -0.399. The highest BCUT2D eigenvalue weighted by atomic mass is 16.5. The van der Waals surface area contributed by atoms with Crippen LogP contribution in [0.3, 0.4) is 0 Å². The molecule has 0 aromatic carbocycles. The maximum atomic E-state index is 11.8. The van der Waals surface area contributed by atoms with Gasteiger partial charge in [0.1, 0.15) is 5.69 Å². The van der Waals surface area contributed by atoms with E-state index in [1.165, 1.54) is 0 Å². The van der Waals surface area contributed by atoms with Crippen LogP contribution in [0, 0.1) is 0 Å². The van der Waals surface area contributed by atoms with Crippen molar-refractivity contribution in [3.05, 3.63) is 36.3 Å². The lowest BCUT2D eigenvalue weighted by atomic mass is 10.2. The number of methoxy groups -OCH3 is 1. The average molecular weight is 288 g/mol. The summed E-state index contributed by atoms with van der Waals surface area (Å²) in [5, 5.41) is 0.982. The highest BCUT2D eigenvalue weighted by Crippen LogP contribution is 2.23. The monoisotopic (exact) mass is 288 g/mol. The summed E-state index contributed by atoms with van der Waals surface area (Å²) in [5.41, 5.74) is 2.29. The molecule has 0 radical (unpaired) electrons. The fourth-order valence-corrected chi connectivity index (χ4v) is 2.26. The van der Waals surface area contributed by atoms with Crippen molar-refractivity contribution >= 4 is 22.9 Å². The van der Waals surface area contributed by atoms with Gasteiger partial charge >= 0.3 is 5.97 Å². The summed E-state index contributed by atoms with van der Waals surface area (Å²) in [6.45, 7) is 7.44. The van der Waals surface area contributed by atoms with Crippen molar-refractivity contribution < 1.29 is 14.3 Å². The van der Waals surface area contributed by atoms with Gasteiger partial charge in [-0.3, -0.25) is 0 Å². The second-order valence-electron chi connectivity index (χ2n) is 4.64. The van der Waals surface area contributed by atoms with E-state index >= 15 is 0 Å². The van der Waals surface area contributed by atoms with Gasteiger partial charge in [-0.15, -0.1) is 0 Å². The lowest BCUT2D eigenvalue weighted by Crippen LogP contribution is -2.07. The molecule has 0 atom stereocenters. The van der Waals surface area contributed by atoms with Crippen LogP contribution in [0.5, 0.6) is 0 Å². The number of pyridine rings is 1. The number of esters is 1. The Labute approximate surface area is 124 Å². The quantitative estimate of drug-likeness (QED) is 0.580. The molecule has 2 aromatic rings. The number of fused-ring (bicyclic) bond motifs is 1. The third kappa shape index (κ3) is 3.31. The van der Waals surface area contributed by atoms with Gasteiger partial charge in [-0.05, 0) is 19.4 Å². The number of nitrogens with zero attached hydrogens (tertiary/aromatic N) is 2. The maximum Gasteiger partial charge on any atom is 0.356 e. The van der Waals surface area contributed by atoms with E-state index in [0.717, 1.165) is 29.4 Å². The first-order chi connectivity index (χ1) is 10.2. The van der Waals surface area contributed by atoms with Crippen LogP contribution in [0.2, 0.25) is 0 Å². The molecule has 5 nitrogen and oxygen atoms in total. The van der Waals surface area contributed by atoms with Crippen LogP contribution in [0.4, 0.5) is 0 Å². The summed E-state index contributed by atoms with van der Waals surface area (Å²) >= 11 is 0. The summed E-state index contributed by atoms with van der Waals surface area (Å²) < 4.78 is 12.2. The molecule has 21 heavy (non-hydrogen) atoms. The third-order valence-corrected chi connectivity index (χ3v) is 3.25. The van der Waals surface area contributed by atoms with Crippen molar-refractivity contribution in [2.75, 3.05) is 20.3 Å². The Morgan fingerprint density at radius 2 is 2.33 bits per heavy atom. The first kappa shape index (κ1) is 15.3. The Kier molecular flexibility index (Phi) is 5.11. The maximum absolute atomic E-state index is 11.8. The molecule has 112 valence electrons. The van der Waals surface area contributed by atoms with E-state index in [2.05, 4.69) is 16.1 Å². The van der Waals surface area contributed by atoms with Crippen LogP contribution < -0.4 is 0 Å². The molecule has 0 aliphatic heterocycles. The van der Waals surface area contributed by atoms with Gasteiger partial charge in [0.15, 0.2) is 0 Å². The third-order valence-electron chi connectivity index (χ3n) is 3.25. The number of carbonyl (C=O) groups is 1.